The van der Waals surface area contributed by atoms with Gasteiger partial charge in [0.15, 0.2) is 11.5 Å². The van der Waals surface area contributed by atoms with Crippen LogP contribution in [0.25, 0.3) is 0 Å². The fraction of sp³-hybridized carbons (Fsp3) is 0.412. The first-order valence-corrected chi connectivity index (χ1v) is 8.49. The quantitative estimate of drug-likeness (QED) is 0.864. The van der Waals surface area contributed by atoms with Crippen molar-refractivity contribution in [1.29, 1.82) is 0 Å². The van der Waals surface area contributed by atoms with Crippen LogP contribution in [0.1, 0.15) is 26.5 Å². The molecule has 0 radical (unpaired) electrons. The van der Waals surface area contributed by atoms with Crippen LogP contribution in [0.4, 0.5) is 0 Å². The minimum absolute atomic E-state index is 0.00152. The number of aryl methyl sites for hydroxylation is 2. The highest BCUT2D eigenvalue weighted by molar-refractivity contribution is 7.09. The molecule has 0 saturated heterocycles. The van der Waals surface area contributed by atoms with E-state index in [2.05, 4.69) is 4.98 Å². The number of hydrogen-bond acceptors (Lipinski definition) is 5. The number of ether oxygens (including phenoxy) is 2. The van der Waals surface area contributed by atoms with E-state index in [1.165, 1.54) is 4.88 Å². The maximum atomic E-state index is 12.7. The number of benzene rings is 1. The van der Waals surface area contributed by atoms with Gasteiger partial charge in [0.05, 0.1) is 11.2 Å². The molecule has 0 N–H and O–H groups in total. The van der Waals surface area contributed by atoms with Gasteiger partial charge in [-0.3, -0.25) is 4.79 Å². The van der Waals surface area contributed by atoms with Gasteiger partial charge < -0.3 is 14.4 Å². The van der Waals surface area contributed by atoms with Gasteiger partial charge in [-0.25, -0.2) is 4.98 Å². The van der Waals surface area contributed by atoms with Crippen molar-refractivity contribution in [2.24, 2.45) is 0 Å². The molecule has 1 aromatic heterocycles. The molecule has 0 unspecified atom stereocenters. The Morgan fingerprint density at radius 1 is 1.26 bits per heavy atom. The van der Waals surface area contributed by atoms with Crippen molar-refractivity contribution in [2.45, 2.75) is 20.3 Å². The second-order valence-electron chi connectivity index (χ2n) is 5.65. The SMILES string of the molecule is Cc1cc2c(cc1C(=O)N(C)CCc1scnc1C)OCCO2. The van der Waals surface area contributed by atoms with Crippen LogP contribution in [0.15, 0.2) is 17.6 Å². The Kier molecular flexibility index (Phi) is 4.52. The summed E-state index contributed by atoms with van der Waals surface area (Å²) in [5.74, 6) is 1.37. The molecule has 0 fully saturated rings. The van der Waals surface area contributed by atoms with Crippen molar-refractivity contribution < 1.29 is 14.3 Å². The number of nitrogens with zero attached hydrogens (tertiary/aromatic N) is 2. The molecule has 1 amide bonds. The van der Waals surface area contributed by atoms with E-state index in [-0.39, 0.29) is 5.91 Å². The summed E-state index contributed by atoms with van der Waals surface area (Å²) in [7, 11) is 1.83. The third kappa shape index (κ3) is 3.32. The normalized spacial score (nSPS) is 13.0. The maximum Gasteiger partial charge on any atom is 0.254 e. The summed E-state index contributed by atoms with van der Waals surface area (Å²) in [5.41, 5.74) is 4.46. The average molecular weight is 332 g/mol. The largest absolute Gasteiger partial charge is 0.486 e. The van der Waals surface area contributed by atoms with Gasteiger partial charge in [0.1, 0.15) is 13.2 Å². The second-order valence-corrected chi connectivity index (χ2v) is 6.59. The van der Waals surface area contributed by atoms with Crippen molar-refractivity contribution in [3.05, 3.63) is 39.3 Å². The number of hydrogen-bond donors (Lipinski definition) is 0. The van der Waals surface area contributed by atoms with Crippen LogP contribution in [0.2, 0.25) is 0 Å². The van der Waals surface area contributed by atoms with Gasteiger partial charge >= 0.3 is 0 Å². The Balaban J connectivity index is 1.73. The first-order valence-electron chi connectivity index (χ1n) is 7.61. The van der Waals surface area contributed by atoms with E-state index in [9.17, 15) is 4.79 Å². The van der Waals surface area contributed by atoms with Crippen LogP contribution in [-0.2, 0) is 6.42 Å². The number of fused-ring (bicyclic) bond motifs is 1. The molecule has 0 saturated carbocycles. The zero-order chi connectivity index (χ0) is 16.4. The number of amides is 1. The first kappa shape index (κ1) is 15.8. The lowest BCUT2D eigenvalue weighted by Crippen LogP contribution is -2.29. The highest BCUT2D eigenvalue weighted by atomic mass is 32.1. The number of likely N-dealkylation sites (N-methyl/N-ethyl adjacent to an activating group) is 1. The minimum atomic E-state index is 0.00152. The predicted molar refractivity (Wildman–Crippen MR) is 89.7 cm³/mol. The summed E-state index contributed by atoms with van der Waals surface area (Å²) in [6.07, 6.45) is 0.822. The number of carbonyl (C=O) groups is 1. The van der Waals surface area contributed by atoms with E-state index in [0.29, 0.717) is 36.8 Å². The third-order valence-electron chi connectivity index (χ3n) is 3.99. The van der Waals surface area contributed by atoms with Crippen molar-refractivity contribution >= 4 is 17.2 Å². The summed E-state index contributed by atoms with van der Waals surface area (Å²) in [6.45, 7) is 5.65. The minimum Gasteiger partial charge on any atom is -0.486 e. The summed E-state index contributed by atoms with van der Waals surface area (Å²) >= 11 is 1.64. The zero-order valence-corrected chi connectivity index (χ0v) is 14.4. The number of thiazole rings is 1. The topological polar surface area (TPSA) is 51.7 Å². The summed E-state index contributed by atoms with van der Waals surface area (Å²) in [6, 6.07) is 3.67. The van der Waals surface area contributed by atoms with E-state index in [0.717, 1.165) is 17.7 Å². The Morgan fingerprint density at radius 2 is 1.96 bits per heavy atom. The van der Waals surface area contributed by atoms with Gasteiger partial charge in [-0.05, 0) is 31.5 Å². The summed E-state index contributed by atoms with van der Waals surface area (Å²) in [4.78, 5) is 19.9. The van der Waals surface area contributed by atoms with E-state index >= 15 is 0 Å². The predicted octanol–water partition coefficient (Wildman–Crippen LogP) is 2.85. The van der Waals surface area contributed by atoms with Crippen LogP contribution < -0.4 is 9.47 Å². The van der Waals surface area contributed by atoms with Crippen molar-refractivity contribution in [3.63, 3.8) is 0 Å². The fourth-order valence-electron chi connectivity index (χ4n) is 2.56. The molecule has 2 heterocycles. The molecule has 1 aliphatic heterocycles. The summed E-state index contributed by atoms with van der Waals surface area (Å²) < 4.78 is 11.1. The van der Waals surface area contributed by atoms with Crippen LogP contribution in [0, 0.1) is 13.8 Å². The van der Waals surface area contributed by atoms with E-state index in [1.807, 2.05) is 32.5 Å². The Bertz CT molecular complexity index is 727. The lowest BCUT2D eigenvalue weighted by atomic mass is 10.1. The third-order valence-corrected chi connectivity index (χ3v) is 4.98. The standard InChI is InChI=1S/C17H20N2O3S/c1-11-8-14-15(22-7-6-21-14)9-13(11)17(20)19(3)5-4-16-12(2)18-10-23-16/h8-10H,4-7H2,1-3H3. The van der Waals surface area contributed by atoms with Crippen LogP contribution in [0.5, 0.6) is 11.5 Å². The Morgan fingerprint density at radius 3 is 2.61 bits per heavy atom. The van der Waals surface area contributed by atoms with Gasteiger partial charge in [-0.2, -0.15) is 0 Å². The highest BCUT2D eigenvalue weighted by Crippen LogP contribution is 2.33. The molecule has 6 heteroatoms. The molecule has 5 nitrogen and oxygen atoms in total. The number of carbonyl (C=O) groups excluding carboxylic acids is 1. The number of aromatic nitrogens is 1. The molecule has 122 valence electrons. The van der Waals surface area contributed by atoms with E-state index < -0.39 is 0 Å². The second kappa shape index (κ2) is 6.58. The number of rotatable bonds is 4. The Hall–Kier alpha value is -2.08. The molecular weight excluding hydrogens is 312 g/mol. The van der Waals surface area contributed by atoms with E-state index in [4.69, 9.17) is 9.47 Å². The average Bonchev–Trinajstić information content (AvgIpc) is 2.96. The van der Waals surface area contributed by atoms with Gasteiger partial charge in [0.25, 0.3) is 5.91 Å². The molecule has 0 spiro atoms. The highest BCUT2D eigenvalue weighted by Gasteiger charge is 2.20. The molecule has 0 aliphatic carbocycles. The van der Waals surface area contributed by atoms with Crippen molar-refractivity contribution in [1.82, 2.24) is 9.88 Å². The van der Waals surface area contributed by atoms with Crippen molar-refractivity contribution in [2.75, 3.05) is 26.8 Å². The maximum absolute atomic E-state index is 12.7. The smallest absolute Gasteiger partial charge is 0.254 e. The Labute approximate surface area is 139 Å². The molecule has 2 aromatic rings. The lowest BCUT2D eigenvalue weighted by Gasteiger charge is -2.22. The molecule has 1 aliphatic rings. The fourth-order valence-corrected chi connectivity index (χ4v) is 3.33. The van der Waals surface area contributed by atoms with Crippen LogP contribution >= 0.6 is 11.3 Å². The first-order chi connectivity index (χ1) is 11.1. The van der Waals surface area contributed by atoms with Gasteiger partial charge in [-0.1, -0.05) is 0 Å². The van der Waals surface area contributed by atoms with Gasteiger partial charge in [0, 0.05) is 30.5 Å². The van der Waals surface area contributed by atoms with Crippen molar-refractivity contribution in [3.8, 4) is 11.5 Å². The monoisotopic (exact) mass is 332 g/mol. The molecule has 0 bridgehead atoms. The molecule has 0 atom stereocenters. The molecule has 23 heavy (non-hydrogen) atoms. The van der Waals surface area contributed by atoms with Gasteiger partial charge in [0.2, 0.25) is 0 Å². The zero-order valence-electron chi connectivity index (χ0n) is 13.6. The molecular formula is C17H20N2O3S. The van der Waals surface area contributed by atoms with Gasteiger partial charge in [-0.15, -0.1) is 11.3 Å². The lowest BCUT2D eigenvalue weighted by molar-refractivity contribution is 0.0795. The van der Waals surface area contributed by atoms with Crippen LogP contribution in [0.3, 0.4) is 0 Å². The van der Waals surface area contributed by atoms with Crippen LogP contribution in [-0.4, -0.2) is 42.6 Å². The summed E-state index contributed by atoms with van der Waals surface area (Å²) in [5, 5.41) is 0. The molecule has 1 aromatic carbocycles. The van der Waals surface area contributed by atoms with E-state index in [1.54, 1.807) is 22.3 Å². The molecule has 3 rings (SSSR count).